The number of hydrogen-bond donors (Lipinski definition) is 4. The van der Waals surface area contributed by atoms with Crippen molar-refractivity contribution < 1.29 is 19.4 Å². The summed E-state index contributed by atoms with van der Waals surface area (Å²) >= 11 is 0. The summed E-state index contributed by atoms with van der Waals surface area (Å²) in [5.74, 6) is 4.85. The highest BCUT2D eigenvalue weighted by Crippen LogP contribution is 2.53. The van der Waals surface area contributed by atoms with E-state index in [0.29, 0.717) is 11.2 Å². The summed E-state index contributed by atoms with van der Waals surface area (Å²) in [6.45, 7) is 1.66. The van der Waals surface area contributed by atoms with Crippen LogP contribution >= 0.6 is 0 Å². The SMILES string of the molecule is COc1ccc(C(=O)O)cc1-c1ccccc1.N/C=C(\NN)C(=O)N1CCC2(CC1)CC2. The zero-order valence-corrected chi connectivity index (χ0v) is 18.2. The summed E-state index contributed by atoms with van der Waals surface area (Å²) in [6.07, 6.45) is 6.15. The van der Waals surface area contributed by atoms with Gasteiger partial charge in [-0.15, -0.1) is 0 Å². The molecule has 0 radical (unpaired) electrons. The summed E-state index contributed by atoms with van der Waals surface area (Å²) in [5, 5.41) is 8.98. The third-order valence-electron chi connectivity index (χ3n) is 6.15. The second-order valence-electron chi connectivity index (χ2n) is 8.10. The van der Waals surface area contributed by atoms with E-state index in [1.165, 1.54) is 25.1 Å². The number of hydrogen-bond acceptors (Lipinski definition) is 6. The molecule has 1 spiro atoms. The first-order chi connectivity index (χ1) is 15.4. The number of carbonyl (C=O) groups is 2. The van der Waals surface area contributed by atoms with Gasteiger partial charge in [0.2, 0.25) is 0 Å². The van der Waals surface area contributed by atoms with E-state index in [1.807, 2.05) is 35.2 Å². The van der Waals surface area contributed by atoms with Crippen molar-refractivity contribution in [2.75, 3.05) is 20.2 Å². The lowest BCUT2D eigenvalue weighted by atomic mass is 9.93. The number of benzene rings is 2. The second-order valence-corrected chi connectivity index (χ2v) is 8.10. The quantitative estimate of drug-likeness (QED) is 0.321. The normalized spacial score (nSPS) is 16.6. The standard InChI is InChI=1S/C14H12O3.C10H18N4O/c1-17-13-8-7-11(14(15)16)9-12(13)10-5-3-2-4-6-10;11-7-8(13-12)9(15)14-5-3-10(1-2-10)4-6-14/h2-9H,1H3,(H,15,16);7,13H,1-6,11-12H2/b;8-7-. The predicted molar refractivity (Wildman–Crippen MR) is 122 cm³/mol. The Morgan fingerprint density at radius 1 is 1.09 bits per heavy atom. The second kappa shape index (κ2) is 10.2. The fourth-order valence-corrected chi connectivity index (χ4v) is 3.90. The molecule has 0 bridgehead atoms. The molecule has 8 nitrogen and oxygen atoms in total. The zero-order chi connectivity index (χ0) is 23.1. The van der Waals surface area contributed by atoms with Crippen molar-refractivity contribution in [2.24, 2.45) is 17.0 Å². The van der Waals surface area contributed by atoms with E-state index >= 15 is 0 Å². The van der Waals surface area contributed by atoms with Crippen LogP contribution in [0.25, 0.3) is 11.1 Å². The molecule has 170 valence electrons. The van der Waals surface area contributed by atoms with Crippen LogP contribution in [-0.4, -0.2) is 42.1 Å². The van der Waals surface area contributed by atoms with Crippen LogP contribution in [0.1, 0.15) is 36.0 Å². The lowest BCUT2D eigenvalue weighted by Crippen LogP contribution is -2.43. The molecule has 1 heterocycles. The Bertz CT molecular complexity index is 977. The van der Waals surface area contributed by atoms with Crippen molar-refractivity contribution in [3.05, 3.63) is 66.0 Å². The fourth-order valence-electron chi connectivity index (χ4n) is 3.90. The number of amides is 1. The molecule has 1 aliphatic carbocycles. The van der Waals surface area contributed by atoms with Crippen LogP contribution in [0.4, 0.5) is 0 Å². The Hall–Kier alpha value is -3.52. The molecule has 2 fully saturated rings. The van der Waals surface area contributed by atoms with E-state index in [2.05, 4.69) is 5.43 Å². The lowest BCUT2D eigenvalue weighted by Gasteiger charge is -2.32. The van der Waals surface area contributed by atoms with Gasteiger partial charge in [-0.05, 0) is 54.9 Å². The minimum atomic E-state index is -0.940. The number of likely N-dealkylation sites (tertiary alicyclic amines) is 1. The van der Waals surface area contributed by atoms with Gasteiger partial charge in [-0.25, -0.2) is 4.79 Å². The van der Waals surface area contributed by atoms with E-state index in [4.69, 9.17) is 21.4 Å². The molecule has 6 N–H and O–H groups in total. The number of aromatic carboxylic acids is 1. The van der Waals surface area contributed by atoms with Crippen LogP contribution in [0.5, 0.6) is 5.75 Å². The van der Waals surface area contributed by atoms with Crippen molar-refractivity contribution >= 4 is 11.9 Å². The topological polar surface area (TPSA) is 131 Å². The summed E-state index contributed by atoms with van der Waals surface area (Å²) in [4.78, 5) is 24.6. The Morgan fingerprint density at radius 2 is 1.75 bits per heavy atom. The number of methoxy groups -OCH3 is 1. The molecular formula is C24H30N4O4. The Morgan fingerprint density at radius 3 is 2.25 bits per heavy atom. The molecule has 1 saturated carbocycles. The summed E-state index contributed by atoms with van der Waals surface area (Å²) in [6, 6.07) is 14.4. The lowest BCUT2D eigenvalue weighted by molar-refractivity contribution is -0.129. The van der Waals surface area contributed by atoms with Gasteiger partial charge in [0, 0.05) is 24.9 Å². The van der Waals surface area contributed by atoms with Crippen LogP contribution in [0.2, 0.25) is 0 Å². The van der Waals surface area contributed by atoms with Crippen molar-refractivity contribution in [1.82, 2.24) is 10.3 Å². The number of ether oxygens (including phenoxy) is 1. The Kier molecular flexibility index (Phi) is 7.37. The maximum atomic E-state index is 11.8. The van der Waals surface area contributed by atoms with Gasteiger partial charge in [0.15, 0.2) is 0 Å². The number of carboxylic acid groups (broad SMARTS) is 1. The van der Waals surface area contributed by atoms with E-state index < -0.39 is 5.97 Å². The van der Waals surface area contributed by atoms with Crippen molar-refractivity contribution in [3.63, 3.8) is 0 Å². The molecule has 1 saturated heterocycles. The molecule has 1 aliphatic heterocycles. The molecule has 2 aromatic carbocycles. The van der Waals surface area contributed by atoms with Gasteiger partial charge in [0.05, 0.1) is 12.7 Å². The smallest absolute Gasteiger partial charge is 0.335 e. The number of piperidine rings is 1. The largest absolute Gasteiger partial charge is 0.496 e. The van der Waals surface area contributed by atoms with E-state index in [9.17, 15) is 9.59 Å². The van der Waals surface area contributed by atoms with Crippen LogP contribution in [0, 0.1) is 5.41 Å². The first kappa shape index (κ1) is 23.1. The van der Waals surface area contributed by atoms with Gasteiger partial charge in [-0.1, -0.05) is 30.3 Å². The van der Waals surface area contributed by atoms with Gasteiger partial charge in [0.25, 0.3) is 5.91 Å². The Balaban J connectivity index is 0.000000182. The van der Waals surface area contributed by atoms with Gasteiger partial charge in [-0.3, -0.25) is 10.6 Å². The fraction of sp³-hybridized carbons (Fsp3) is 0.333. The molecule has 2 aromatic rings. The molecular weight excluding hydrogens is 408 g/mol. The highest BCUT2D eigenvalue weighted by atomic mass is 16.5. The van der Waals surface area contributed by atoms with Crippen LogP contribution in [-0.2, 0) is 4.79 Å². The van der Waals surface area contributed by atoms with Crippen molar-refractivity contribution in [3.8, 4) is 16.9 Å². The first-order valence-corrected chi connectivity index (χ1v) is 10.6. The number of carboxylic acids is 1. The molecule has 1 amide bonds. The van der Waals surface area contributed by atoms with Crippen molar-refractivity contribution in [2.45, 2.75) is 25.7 Å². The number of carbonyl (C=O) groups excluding carboxylic acids is 1. The third-order valence-corrected chi connectivity index (χ3v) is 6.15. The molecule has 8 heteroatoms. The predicted octanol–water partition coefficient (Wildman–Crippen LogP) is 2.71. The first-order valence-electron chi connectivity index (χ1n) is 10.6. The molecule has 0 unspecified atom stereocenters. The van der Waals surface area contributed by atoms with E-state index in [-0.39, 0.29) is 17.2 Å². The summed E-state index contributed by atoms with van der Waals surface area (Å²) < 4.78 is 5.24. The number of nitrogens with two attached hydrogens (primary N) is 2. The average molecular weight is 439 g/mol. The maximum absolute atomic E-state index is 11.8. The van der Waals surface area contributed by atoms with Gasteiger partial charge < -0.3 is 25.9 Å². The minimum absolute atomic E-state index is 0.0875. The maximum Gasteiger partial charge on any atom is 0.335 e. The third kappa shape index (κ3) is 5.39. The van der Waals surface area contributed by atoms with Crippen LogP contribution < -0.4 is 21.7 Å². The minimum Gasteiger partial charge on any atom is -0.496 e. The molecule has 32 heavy (non-hydrogen) atoms. The van der Waals surface area contributed by atoms with Crippen LogP contribution in [0.15, 0.2) is 60.4 Å². The molecule has 0 atom stereocenters. The van der Waals surface area contributed by atoms with Crippen molar-refractivity contribution in [1.29, 1.82) is 0 Å². The molecule has 4 rings (SSSR count). The zero-order valence-electron chi connectivity index (χ0n) is 18.2. The highest BCUT2D eigenvalue weighted by Gasteiger charge is 2.45. The highest BCUT2D eigenvalue weighted by molar-refractivity contribution is 5.92. The number of nitrogens with zero attached hydrogens (tertiary/aromatic N) is 1. The van der Waals surface area contributed by atoms with Gasteiger partial charge >= 0.3 is 5.97 Å². The summed E-state index contributed by atoms with van der Waals surface area (Å²) in [5.41, 5.74) is 10.5. The summed E-state index contributed by atoms with van der Waals surface area (Å²) in [7, 11) is 1.57. The average Bonchev–Trinajstić information content (AvgIpc) is 3.59. The molecule has 2 aliphatic rings. The molecule has 0 aromatic heterocycles. The van der Waals surface area contributed by atoms with Gasteiger partial charge in [-0.2, -0.15) is 0 Å². The number of rotatable bonds is 5. The van der Waals surface area contributed by atoms with Crippen LogP contribution in [0.3, 0.4) is 0 Å². The monoisotopic (exact) mass is 438 g/mol. The Labute approximate surface area is 187 Å². The van der Waals surface area contributed by atoms with Gasteiger partial charge in [0.1, 0.15) is 11.4 Å². The number of nitrogens with one attached hydrogen (secondary N) is 1. The van der Waals surface area contributed by atoms with E-state index in [1.54, 1.807) is 19.2 Å². The van der Waals surface area contributed by atoms with E-state index in [0.717, 1.165) is 37.1 Å². The number of hydrazine groups is 1.